The molecule has 1 N–H and O–H groups in total. The predicted molar refractivity (Wildman–Crippen MR) is 60.5 cm³/mol. The number of hydrogen-bond acceptors (Lipinski definition) is 2. The van der Waals surface area contributed by atoms with E-state index < -0.39 is 12.6 Å². The van der Waals surface area contributed by atoms with Gasteiger partial charge in [-0.05, 0) is 47.3 Å². The molecule has 0 aliphatic rings. The zero-order valence-electron chi connectivity index (χ0n) is 10.6. The number of nitrogens with one attached hydrogen (secondary N) is 1. The van der Waals surface area contributed by atoms with E-state index in [9.17, 15) is 13.2 Å². The third kappa shape index (κ3) is 11.8. The van der Waals surface area contributed by atoms with E-state index in [4.69, 9.17) is 0 Å². The molecule has 16 heavy (non-hydrogen) atoms. The van der Waals surface area contributed by atoms with Crippen molar-refractivity contribution in [3.63, 3.8) is 0 Å². The van der Waals surface area contributed by atoms with Gasteiger partial charge in [0.25, 0.3) is 0 Å². The second kappa shape index (κ2) is 6.45. The van der Waals surface area contributed by atoms with Crippen molar-refractivity contribution in [2.24, 2.45) is 0 Å². The largest absolute Gasteiger partial charge is 0.390 e. The third-order valence-corrected chi connectivity index (χ3v) is 2.15. The predicted octanol–water partition coefficient (Wildman–Crippen LogP) is 2.65. The summed E-state index contributed by atoms with van der Waals surface area (Å²) in [6.07, 6.45) is -3.90. The van der Waals surface area contributed by atoms with Crippen LogP contribution in [0.15, 0.2) is 0 Å². The zero-order valence-corrected chi connectivity index (χ0v) is 10.6. The van der Waals surface area contributed by atoms with Crippen molar-refractivity contribution in [2.75, 3.05) is 26.7 Å². The van der Waals surface area contributed by atoms with E-state index in [1.54, 1.807) is 11.9 Å². The Labute approximate surface area is 96.2 Å². The standard InChI is InChI=1S/C11H23F3N2/c1-10(2,3)15-7-5-8-16(4)9-6-11(12,13)14/h15H,5-9H2,1-4H3. The maximum absolute atomic E-state index is 11.9. The van der Waals surface area contributed by atoms with Crippen molar-refractivity contribution in [3.05, 3.63) is 0 Å². The minimum atomic E-state index is -4.04. The summed E-state index contributed by atoms with van der Waals surface area (Å²) in [5.74, 6) is 0. The fourth-order valence-corrected chi connectivity index (χ4v) is 1.24. The molecule has 0 heterocycles. The Hall–Kier alpha value is -0.290. The van der Waals surface area contributed by atoms with Crippen LogP contribution in [-0.2, 0) is 0 Å². The molecule has 0 rings (SSSR count). The van der Waals surface area contributed by atoms with E-state index in [0.717, 1.165) is 13.0 Å². The summed E-state index contributed by atoms with van der Waals surface area (Å²) < 4.78 is 35.8. The second-order valence-electron chi connectivity index (χ2n) is 5.20. The highest BCUT2D eigenvalue weighted by Crippen LogP contribution is 2.19. The summed E-state index contributed by atoms with van der Waals surface area (Å²) >= 11 is 0. The van der Waals surface area contributed by atoms with Crippen LogP contribution in [0, 0.1) is 0 Å². The van der Waals surface area contributed by atoms with Gasteiger partial charge in [0.1, 0.15) is 0 Å². The first-order valence-electron chi connectivity index (χ1n) is 5.60. The van der Waals surface area contributed by atoms with E-state index >= 15 is 0 Å². The average Bonchev–Trinajstić information content (AvgIpc) is 2.06. The first-order valence-corrected chi connectivity index (χ1v) is 5.60. The minimum Gasteiger partial charge on any atom is -0.312 e. The van der Waals surface area contributed by atoms with E-state index in [1.807, 2.05) is 0 Å². The van der Waals surface area contributed by atoms with Crippen LogP contribution in [0.4, 0.5) is 13.2 Å². The van der Waals surface area contributed by atoms with Crippen molar-refractivity contribution >= 4 is 0 Å². The zero-order chi connectivity index (χ0) is 12.8. The van der Waals surface area contributed by atoms with Crippen LogP contribution in [0.25, 0.3) is 0 Å². The van der Waals surface area contributed by atoms with E-state index in [-0.39, 0.29) is 12.1 Å². The van der Waals surface area contributed by atoms with Gasteiger partial charge in [-0.2, -0.15) is 13.2 Å². The van der Waals surface area contributed by atoms with Gasteiger partial charge in [0.15, 0.2) is 0 Å². The molecule has 0 saturated heterocycles. The van der Waals surface area contributed by atoms with Crippen LogP contribution in [0.2, 0.25) is 0 Å². The molecule has 5 heteroatoms. The molecule has 0 fully saturated rings. The van der Waals surface area contributed by atoms with Gasteiger partial charge in [-0.3, -0.25) is 0 Å². The van der Waals surface area contributed by atoms with Gasteiger partial charge in [0, 0.05) is 12.1 Å². The van der Waals surface area contributed by atoms with Crippen molar-refractivity contribution in [2.45, 2.75) is 45.3 Å². The van der Waals surface area contributed by atoms with Gasteiger partial charge in [0.2, 0.25) is 0 Å². The van der Waals surface area contributed by atoms with Gasteiger partial charge in [-0.15, -0.1) is 0 Å². The Balaban J connectivity index is 3.48. The third-order valence-electron chi connectivity index (χ3n) is 2.15. The molecule has 2 nitrogen and oxygen atoms in total. The lowest BCUT2D eigenvalue weighted by atomic mass is 10.1. The molecule has 0 bridgehead atoms. The van der Waals surface area contributed by atoms with Gasteiger partial charge in [-0.1, -0.05) is 0 Å². The Morgan fingerprint density at radius 2 is 1.62 bits per heavy atom. The molecule has 0 amide bonds. The second-order valence-corrected chi connectivity index (χ2v) is 5.20. The molecule has 0 aliphatic carbocycles. The molecule has 0 aromatic rings. The summed E-state index contributed by atoms with van der Waals surface area (Å²) in [7, 11) is 1.73. The first-order chi connectivity index (χ1) is 7.10. The monoisotopic (exact) mass is 240 g/mol. The molecular formula is C11H23F3N2. The molecule has 0 saturated carbocycles. The molecule has 0 aromatic carbocycles. The Morgan fingerprint density at radius 1 is 1.06 bits per heavy atom. The number of rotatable bonds is 6. The van der Waals surface area contributed by atoms with Gasteiger partial charge < -0.3 is 10.2 Å². The van der Waals surface area contributed by atoms with Gasteiger partial charge in [0.05, 0.1) is 6.42 Å². The summed E-state index contributed by atoms with van der Waals surface area (Å²) in [6.45, 7) is 7.82. The highest BCUT2D eigenvalue weighted by molar-refractivity contribution is 4.70. The molecular weight excluding hydrogens is 217 g/mol. The van der Waals surface area contributed by atoms with Crippen LogP contribution in [0.5, 0.6) is 0 Å². The SMILES string of the molecule is CN(CCCNC(C)(C)C)CCC(F)(F)F. The quantitative estimate of drug-likeness (QED) is 0.718. The smallest absolute Gasteiger partial charge is 0.312 e. The van der Waals surface area contributed by atoms with Crippen molar-refractivity contribution in [1.82, 2.24) is 10.2 Å². The van der Waals surface area contributed by atoms with Crippen LogP contribution >= 0.6 is 0 Å². The lowest BCUT2D eigenvalue weighted by Crippen LogP contribution is -2.37. The summed E-state index contributed by atoms with van der Waals surface area (Å²) in [5, 5.41) is 3.30. The molecule has 0 aromatic heterocycles. The molecule has 0 spiro atoms. The number of alkyl halides is 3. The summed E-state index contributed by atoms with van der Waals surface area (Å²) in [6, 6.07) is 0. The van der Waals surface area contributed by atoms with E-state index in [0.29, 0.717) is 6.54 Å². The van der Waals surface area contributed by atoms with Crippen LogP contribution in [-0.4, -0.2) is 43.3 Å². The average molecular weight is 240 g/mol. The fourth-order valence-electron chi connectivity index (χ4n) is 1.24. The minimum absolute atomic E-state index is 0.0739. The van der Waals surface area contributed by atoms with Crippen molar-refractivity contribution in [1.29, 1.82) is 0 Å². The number of hydrogen-bond donors (Lipinski definition) is 1. The van der Waals surface area contributed by atoms with E-state index in [1.165, 1.54) is 0 Å². The normalized spacial score (nSPS) is 13.5. The molecule has 0 unspecified atom stereocenters. The molecule has 0 atom stereocenters. The Bertz CT molecular complexity index is 185. The Kier molecular flexibility index (Phi) is 6.33. The summed E-state index contributed by atoms with van der Waals surface area (Å²) in [4.78, 5) is 1.72. The molecule has 0 radical (unpaired) electrons. The maximum Gasteiger partial charge on any atom is 0.390 e. The summed E-state index contributed by atoms with van der Waals surface area (Å²) in [5.41, 5.74) is 0.0739. The van der Waals surface area contributed by atoms with Crippen molar-refractivity contribution in [3.8, 4) is 0 Å². The number of nitrogens with zero attached hydrogens (tertiary/aromatic N) is 1. The van der Waals surface area contributed by atoms with E-state index in [2.05, 4.69) is 26.1 Å². The van der Waals surface area contributed by atoms with Crippen LogP contribution < -0.4 is 5.32 Å². The molecule has 98 valence electrons. The topological polar surface area (TPSA) is 15.3 Å². The van der Waals surface area contributed by atoms with Gasteiger partial charge >= 0.3 is 6.18 Å². The fraction of sp³-hybridized carbons (Fsp3) is 1.00. The first kappa shape index (κ1) is 15.7. The Morgan fingerprint density at radius 3 is 2.06 bits per heavy atom. The van der Waals surface area contributed by atoms with Crippen molar-refractivity contribution < 1.29 is 13.2 Å². The highest BCUT2D eigenvalue weighted by Gasteiger charge is 2.26. The number of halogens is 3. The lowest BCUT2D eigenvalue weighted by Gasteiger charge is -2.22. The van der Waals surface area contributed by atoms with Gasteiger partial charge in [-0.25, -0.2) is 0 Å². The highest BCUT2D eigenvalue weighted by atomic mass is 19.4. The lowest BCUT2D eigenvalue weighted by molar-refractivity contribution is -0.137. The van der Waals surface area contributed by atoms with Crippen LogP contribution in [0.1, 0.15) is 33.6 Å². The molecule has 0 aliphatic heterocycles. The van der Waals surface area contributed by atoms with Crippen LogP contribution in [0.3, 0.4) is 0 Å². The maximum atomic E-state index is 11.9.